The van der Waals surface area contributed by atoms with Gasteiger partial charge in [-0.25, -0.2) is 10.4 Å². The van der Waals surface area contributed by atoms with E-state index >= 15 is 0 Å². The van der Waals surface area contributed by atoms with Crippen LogP contribution in [0.25, 0.3) is 0 Å². The molecule has 0 bridgehead atoms. The number of rotatable bonds is 3. The molecule has 0 aliphatic rings. The van der Waals surface area contributed by atoms with Gasteiger partial charge in [0.25, 0.3) is 0 Å². The third-order valence-electron chi connectivity index (χ3n) is 2.56. The van der Waals surface area contributed by atoms with Crippen LogP contribution in [-0.4, -0.2) is 9.55 Å². The van der Waals surface area contributed by atoms with Gasteiger partial charge in [-0.3, -0.25) is 5.84 Å². The lowest BCUT2D eigenvalue weighted by atomic mass is 10.1. The third kappa shape index (κ3) is 2.45. The fourth-order valence-electron chi connectivity index (χ4n) is 1.67. The van der Waals surface area contributed by atoms with Crippen LogP contribution in [0.5, 0.6) is 0 Å². The molecule has 2 rings (SSSR count). The number of nitrogens with zero attached hydrogens (tertiary/aromatic N) is 2. The minimum absolute atomic E-state index is 0.218. The van der Waals surface area contributed by atoms with Crippen molar-refractivity contribution in [2.24, 2.45) is 12.9 Å². The Morgan fingerprint density at radius 1 is 1.35 bits per heavy atom. The van der Waals surface area contributed by atoms with Gasteiger partial charge < -0.3 is 4.57 Å². The minimum Gasteiger partial charge on any atom is -0.336 e. The maximum absolute atomic E-state index is 5.99. The monoisotopic (exact) mass is 270 g/mol. The van der Waals surface area contributed by atoms with Gasteiger partial charge >= 0.3 is 0 Å². The fourth-order valence-corrected chi connectivity index (χ4v) is 1.97. The number of nitrogens with two attached hydrogens (primary N) is 1. The van der Waals surface area contributed by atoms with Crippen LogP contribution in [0.1, 0.15) is 17.4 Å². The van der Waals surface area contributed by atoms with Crippen molar-refractivity contribution in [1.29, 1.82) is 0 Å². The number of hydrazine groups is 1. The van der Waals surface area contributed by atoms with E-state index < -0.39 is 0 Å². The number of aromatic nitrogens is 2. The van der Waals surface area contributed by atoms with E-state index in [1.165, 1.54) is 0 Å². The first-order valence-corrected chi connectivity index (χ1v) is 5.77. The summed E-state index contributed by atoms with van der Waals surface area (Å²) in [6.45, 7) is 0. The van der Waals surface area contributed by atoms with Crippen LogP contribution in [0.3, 0.4) is 0 Å². The second-order valence-corrected chi connectivity index (χ2v) is 4.48. The van der Waals surface area contributed by atoms with Gasteiger partial charge in [0.2, 0.25) is 0 Å². The summed E-state index contributed by atoms with van der Waals surface area (Å²) in [5.74, 6) is 6.38. The molecular formula is C11H12Cl2N4. The van der Waals surface area contributed by atoms with E-state index in [9.17, 15) is 0 Å². The summed E-state index contributed by atoms with van der Waals surface area (Å²) in [4.78, 5) is 4.26. The fraction of sp³-hybridized carbons (Fsp3) is 0.182. The van der Waals surface area contributed by atoms with Gasteiger partial charge in [-0.05, 0) is 17.7 Å². The van der Waals surface area contributed by atoms with Crippen molar-refractivity contribution >= 4 is 23.2 Å². The van der Waals surface area contributed by atoms with Crippen LogP contribution < -0.4 is 11.3 Å². The lowest BCUT2D eigenvalue weighted by Crippen LogP contribution is -2.30. The Morgan fingerprint density at radius 3 is 2.65 bits per heavy atom. The van der Waals surface area contributed by atoms with E-state index in [1.807, 2.05) is 23.9 Å². The Kier molecular flexibility index (Phi) is 3.69. The SMILES string of the molecule is Cn1ccnc1C(NN)c1ccc(Cl)c(Cl)c1. The molecule has 2 aromatic rings. The van der Waals surface area contributed by atoms with E-state index in [4.69, 9.17) is 29.0 Å². The number of hydrogen-bond donors (Lipinski definition) is 2. The van der Waals surface area contributed by atoms with Crippen molar-refractivity contribution < 1.29 is 0 Å². The molecule has 0 fully saturated rings. The predicted octanol–water partition coefficient (Wildman–Crippen LogP) is 2.28. The molecule has 1 aromatic carbocycles. The van der Waals surface area contributed by atoms with E-state index in [0.29, 0.717) is 10.0 Å². The molecule has 3 N–H and O–H groups in total. The van der Waals surface area contributed by atoms with Gasteiger partial charge in [0.05, 0.1) is 10.0 Å². The van der Waals surface area contributed by atoms with E-state index in [-0.39, 0.29) is 6.04 Å². The summed E-state index contributed by atoms with van der Waals surface area (Å²) in [5.41, 5.74) is 3.64. The minimum atomic E-state index is -0.218. The van der Waals surface area contributed by atoms with Gasteiger partial charge in [0.1, 0.15) is 11.9 Å². The second kappa shape index (κ2) is 5.06. The van der Waals surface area contributed by atoms with Crippen molar-refractivity contribution in [3.8, 4) is 0 Å². The van der Waals surface area contributed by atoms with Crippen LogP contribution in [0.4, 0.5) is 0 Å². The summed E-state index contributed by atoms with van der Waals surface area (Å²) in [6, 6.07) is 5.17. The van der Waals surface area contributed by atoms with Crippen LogP contribution in [0.2, 0.25) is 10.0 Å². The van der Waals surface area contributed by atoms with Crippen molar-refractivity contribution in [3.63, 3.8) is 0 Å². The predicted molar refractivity (Wildman–Crippen MR) is 68.8 cm³/mol. The molecule has 0 saturated heterocycles. The van der Waals surface area contributed by atoms with Crippen molar-refractivity contribution in [2.75, 3.05) is 0 Å². The molecule has 6 heteroatoms. The number of nitrogens with one attached hydrogen (secondary N) is 1. The quantitative estimate of drug-likeness (QED) is 0.665. The average molecular weight is 271 g/mol. The van der Waals surface area contributed by atoms with Crippen molar-refractivity contribution in [2.45, 2.75) is 6.04 Å². The molecular weight excluding hydrogens is 259 g/mol. The number of benzene rings is 1. The summed E-state index contributed by atoms with van der Waals surface area (Å²) in [5, 5.41) is 1.02. The molecule has 0 aliphatic carbocycles. The summed E-state index contributed by atoms with van der Waals surface area (Å²) < 4.78 is 1.90. The Bertz CT molecular complexity index is 524. The first-order valence-electron chi connectivity index (χ1n) is 5.01. The van der Waals surface area contributed by atoms with Crippen LogP contribution in [-0.2, 0) is 7.05 Å². The highest BCUT2D eigenvalue weighted by Gasteiger charge is 2.17. The van der Waals surface area contributed by atoms with Crippen LogP contribution in [0.15, 0.2) is 30.6 Å². The molecule has 1 atom stereocenters. The highest BCUT2D eigenvalue weighted by Crippen LogP contribution is 2.27. The number of aryl methyl sites for hydroxylation is 1. The molecule has 90 valence electrons. The van der Waals surface area contributed by atoms with Crippen molar-refractivity contribution in [1.82, 2.24) is 15.0 Å². The maximum Gasteiger partial charge on any atom is 0.131 e. The summed E-state index contributed by atoms with van der Waals surface area (Å²) in [6.07, 6.45) is 3.58. The third-order valence-corrected chi connectivity index (χ3v) is 3.30. The van der Waals surface area contributed by atoms with Crippen molar-refractivity contribution in [3.05, 3.63) is 52.0 Å². The maximum atomic E-state index is 5.99. The molecule has 0 saturated carbocycles. The van der Waals surface area contributed by atoms with Gasteiger partial charge in [0.15, 0.2) is 0 Å². The number of halogens is 2. The zero-order chi connectivity index (χ0) is 12.4. The highest BCUT2D eigenvalue weighted by atomic mass is 35.5. The molecule has 4 nitrogen and oxygen atoms in total. The Morgan fingerprint density at radius 2 is 2.12 bits per heavy atom. The molecule has 1 heterocycles. The highest BCUT2D eigenvalue weighted by molar-refractivity contribution is 6.42. The zero-order valence-electron chi connectivity index (χ0n) is 9.19. The van der Waals surface area contributed by atoms with Crippen LogP contribution >= 0.6 is 23.2 Å². The lowest BCUT2D eigenvalue weighted by Gasteiger charge is -2.16. The summed E-state index contributed by atoms with van der Waals surface area (Å²) in [7, 11) is 1.91. The molecule has 1 aromatic heterocycles. The van der Waals surface area contributed by atoms with Gasteiger partial charge in [0, 0.05) is 19.4 Å². The topological polar surface area (TPSA) is 55.9 Å². The standard InChI is InChI=1S/C11H12Cl2N4/c1-17-5-4-15-11(17)10(16-14)7-2-3-8(12)9(13)6-7/h2-6,10,16H,14H2,1H3. The summed E-state index contributed by atoms with van der Waals surface area (Å²) >= 11 is 11.9. The molecule has 0 radical (unpaired) electrons. The molecule has 0 amide bonds. The van der Waals surface area contributed by atoms with E-state index in [0.717, 1.165) is 11.4 Å². The number of hydrogen-bond acceptors (Lipinski definition) is 3. The molecule has 1 unspecified atom stereocenters. The number of imidazole rings is 1. The lowest BCUT2D eigenvalue weighted by molar-refractivity contribution is 0.580. The second-order valence-electron chi connectivity index (χ2n) is 3.67. The average Bonchev–Trinajstić information content (AvgIpc) is 2.71. The Labute approximate surface area is 109 Å². The zero-order valence-corrected chi connectivity index (χ0v) is 10.7. The van der Waals surface area contributed by atoms with E-state index in [1.54, 1.807) is 18.3 Å². The van der Waals surface area contributed by atoms with Crippen LogP contribution in [0, 0.1) is 0 Å². The first kappa shape index (κ1) is 12.4. The van der Waals surface area contributed by atoms with Gasteiger partial charge in [-0.15, -0.1) is 0 Å². The molecule has 0 spiro atoms. The smallest absolute Gasteiger partial charge is 0.131 e. The largest absolute Gasteiger partial charge is 0.336 e. The van der Waals surface area contributed by atoms with E-state index in [2.05, 4.69) is 10.4 Å². The Hall–Kier alpha value is -1.07. The molecule has 17 heavy (non-hydrogen) atoms. The van der Waals surface area contributed by atoms with Gasteiger partial charge in [-0.1, -0.05) is 29.3 Å². The first-order chi connectivity index (χ1) is 8.13. The molecule has 0 aliphatic heterocycles. The van der Waals surface area contributed by atoms with Gasteiger partial charge in [-0.2, -0.15) is 0 Å². The normalized spacial score (nSPS) is 12.7. The Balaban J connectivity index is 2.42.